The fourth-order valence-electron chi connectivity index (χ4n) is 4.05. The number of nitrogen functional groups attached to an aromatic ring is 1. The van der Waals surface area contributed by atoms with Gasteiger partial charge in [-0.05, 0) is 50.4 Å². The molecule has 9 nitrogen and oxygen atoms in total. The van der Waals surface area contributed by atoms with Gasteiger partial charge in [0.15, 0.2) is 11.2 Å². The van der Waals surface area contributed by atoms with E-state index in [9.17, 15) is 4.79 Å². The molecule has 3 aromatic heterocycles. The maximum absolute atomic E-state index is 12.8. The number of aromatic amines is 1. The summed E-state index contributed by atoms with van der Waals surface area (Å²) in [6.45, 7) is 0.471. The number of nitrogens with one attached hydrogen (secondary N) is 1. The van der Waals surface area contributed by atoms with Gasteiger partial charge in [0.2, 0.25) is 5.95 Å². The normalized spacial score (nSPS) is 11.6. The summed E-state index contributed by atoms with van der Waals surface area (Å²) < 4.78 is 6.69. The van der Waals surface area contributed by atoms with Gasteiger partial charge in [-0.3, -0.25) is 9.78 Å². The Morgan fingerprint density at radius 3 is 2.62 bits per heavy atom. The first-order chi connectivity index (χ1) is 15.6. The van der Waals surface area contributed by atoms with Crippen LogP contribution in [0.1, 0.15) is 17.0 Å². The van der Waals surface area contributed by atoms with E-state index < -0.39 is 0 Å². The van der Waals surface area contributed by atoms with Crippen molar-refractivity contribution in [2.24, 2.45) is 0 Å². The lowest BCUT2D eigenvalue weighted by Gasteiger charge is -2.10. The number of nitrogens with two attached hydrogens (primary N) is 1. The second-order valence-corrected chi connectivity index (χ2v) is 7.68. The summed E-state index contributed by atoms with van der Waals surface area (Å²) in [7, 11) is 0. The lowest BCUT2D eigenvalue weighted by molar-refractivity contribution is 0.315. The van der Waals surface area contributed by atoms with Crippen LogP contribution in [0.2, 0.25) is 0 Å². The molecule has 0 aliphatic rings. The Labute approximate surface area is 180 Å². The smallest absolute Gasteiger partial charge is 0.278 e. The average molecular weight is 423 g/mol. The molecule has 0 saturated carbocycles. The number of imidazole rings is 1. The summed E-state index contributed by atoms with van der Waals surface area (Å²) in [5.74, 6) is 0.743. The van der Waals surface area contributed by atoms with Crippen molar-refractivity contribution in [3.8, 4) is 0 Å². The molecule has 6 aromatic rings. The third-order valence-corrected chi connectivity index (χ3v) is 5.55. The van der Waals surface area contributed by atoms with Crippen LogP contribution in [0.5, 0.6) is 0 Å². The summed E-state index contributed by atoms with van der Waals surface area (Å²) in [6, 6.07) is 20.1. The topological polar surface area (TPSA) is 129 Å². The number of benzene rings is 3. The zero-order chi connectivity index (χ0) is 21.7. The SMILES string of the molecule is Nc1nc2nc(Cc3ccc4nonc4c3)n(Cc3ccc4ccccc4c3)c2c(=O)[nH]1. The molecule has 0 fully saturated rings. The first-order valence-electron chi connectivity index (χ1n) is 10.1. The Morgan fingerprint density at radius 2 is 1.72 bits per heavy atom. The molecule has 6 rings (SSSR count). The minimum Gasteiger partial charge on any atom is -0.369 e. The van der Waals surface area contributed by atoms with Crippen molar-refractivity contribution >= 4 is 38.9 Å². The third kappa shape index (κ3) is 3.07. The predicted octanol–water partition coefficient (Wildman–Crippen LogP) is 3.03. The van der Waals surface area contributed by atoms with Gasteiger partial charge < -0.3 is 10.3 Å². The van der Waals surface area contributed by atoms with Crippen LogP contribution in [0.3, 0.4) is 0 Å². The van der Waals surface area contributed by atoms with Crippen molar-refractivity contribution in [2.75, 3.05) is 5.73 Å². The molecule has 0 aliphatic heterocycles. The van der Waals surface area contributed by atoms with E-state index in [1.54, 1.807) is 0 Å². The number of fused-ring (bicyclic) bond motifs is 3. The Morgan fingerprint density at radius 1 is 0.906 bits per heavy atom. The first-order valence-corrected chi connectivity index (χ1v) is 10.1. The Hall–Kier alpha value is -4.53. The highest BCUT2D eigenvalue weighted by atomic mass is 16.6. The van der Waals surface area contributed by atoms with Crippen LogP contribution < -0.4 is 11.3 Å². The second kappa shape index (κ2) is 7.02. The zero-order valence-electron chi connectivity index (χ0n) is 16.8. The van der Waals surface area contributed by atoms with Crippen molar-refractivity contribution < 1.29 is 4.63 Å². The molecule has 0 bridgehead atoms. The lowest BCUT2D eigenvalue weighted by atomic mass is 10.1. The van der Waals surface area contributed by atoms with Gasteiger partial charge in [-0.2, -0.15) is 4.98 Å². The fourth-order valence-corrected chi connectivity index (χ4v) is 4.05. The quantitative estimate of drug-likeness (QED) is 0.446. The third-order valence-electron chi connectivity index (χ3n) is 5.55. The van der Waals surface area contributed by atoms with Gasteiger partial charge in [0.1, 0.15) is 16.9 Å². The number of aromatic nitrogens is 6. The van der Waals surface area contributed by atoms with Crippen molar-refractivity contribution in [3.05, 3.63) is 88.0 Å². The van der Waals surface area contributed by atoms with Gasteiger partial charge in [0.25, 0.3) is 5.56 Å². The number of anilines is 1. The average Bonchev–Trinajstić information content (AvgIpc) is 3.38. The molecule has 0 amide bonds. The molecule has 0 spiro atoms. The van der Waals surface area contributed by atoms with Crippen molar-refractivity contribution in [1.29, 1.82) is 0 Å². The molecule has 3 N–H and O–H groups in total. The minimum absolute atomic E-state index is 0.0412. The van der Waals surface area contributed by atoms with Crippen LogP contribution in [-0.2, 0) is 13.0 Å². The number of H-pyrrole nitrogens is 1. The summed E-state index contributed by atoms with van der Waals surface area (Å²) >= 11 is 0. The Balaban J connectivity index is 1.48. The fraction of sp³-hybridized carbons (Fsp3) is 0.0870. The Bertz CT molecular complexity index is 1680. The zero-order valence-corrected chi connectivity index (χ0v) is 16.8. The molecule has 3 heterocycles. The van der Waals surface area contributed by atoms with Gasteiger partial charge in [0.05, 0.1) is 0 Å². The molecule has 0 radical (unpaired) electrons. The van der Waals surface area contributed by atoms with E-state index in [0.29, 0.717) is 41.0 Å². The summed E-state index contributed by atoms with van der Waals surface area (Å²) in [5.41, 5.74) is 9.53. The van der Waals surface area contributed by atoms with Crippen LogP contribution in [0.15, 0.2) is 70.1 Å². The molecule has 0 unspecified atom stereocenters. The molecule has 0 saturated heterocycles. The van der Waals surface area contributed by atoms with Gasteiger partial charge in [0, 0.05) is 13.0 Å². The molecular weight excluding hydrogens is 406 g/mol. The molecule has 9 heteroatoms. The van der Waals surface area contributed by atoms with Gasteiger partial charge in [-0.15, -0.1) is 0 Å². The number of rotatable bonds is 4. The van der Waals surface area contributed by atoms with Crippen LogP contribution in [0.25, 0.3) is 33.0 Å². The highest BCUT2D eigenvalue weighted by molar-refractivity contribution is 5.83. The van der Waals surface area contributed by atoms with E-state index in [4.69, 9.17) is 10.4 Å². The molecule has 32 heavy (non-hydrogen) atoms. The Kier molecular flexibility index (Phi) is 4.00. The van der Waals surface area contributed by atoms with Gasteiger partial charge >= 0.3 is 0 Å². The van der Waals surface area contributed by atoms with Crippen molar-refractivity contribution in [3.63, 3.8) is 0 Å². The van der Waals surface area contributed by atoms with Crippen LogP contribution in [0, 0.1) is 0 Å². The summed E-state index contributed by atoms with van der Waals surface area (Å²) in [4.78, 5) is 24.2. The molecule has 156 valence electrons. The number of nitrogens with zero attached hydrogens (tertiary/aromatic N) is 5. The first kappa shape index (κ1) is 18.3. The minimum atomic E-state index is -0.316. The van der Waals surface area contributed by atoms with Crippen LogP contribution in [0.4, 0.5) is 5.95 Å². The van der Waals surface area contributed by atoms with E-state index in [2.05, 4.69) is 55.6 Å². The summed E-state index contributed by atoms with van der Waals surface area (Å²) in [6.07, 6.45) is 0.478. The van der Waals surface area contributed by atoms with E-state index >= 15 is 0 Å². The monoisotopic (exact) mass is 423 g/mol. The second-order valence-electron chi connectivity index (χ2n) is 7.68. The molecule has 0 aliphatic carbocycles. The summed E-state index contributed by atoms with van der Waals surface area (Å²) in [5, 5.41) is 10.1. The maximum atomic E-state index is 12.8. The van der Waals surface area contributed by atoms with E-state index in [1.165, 1.54) is 0 Å². The largest absolute Gasteiger partial charge is 0.369 e. The van der Waals surface area contributed by atoms with E-state index in [0.717, 1.165) is 21.9 Å². The molecule has 0 atom stereocenters. The molecular formula is C23H17N7O2. The van der Waals surface area contributed by atoms with E-state index in [1.807, 2.05) is 34.9 Å². The van der Waals surface area contributed by atoms with Gasteiger partial charge in [-0.1, -0.05) is 42.5 Å². The van der Waals surface area contributed by atoms with Crippen molar-refractivity contribution in [1.82, 2.24) is 29.8 Å². The highest BCUT2D eigenvalue weighted by Crippen LogP contribution is 2.21. The maximum Gasteiger partial charge on any atom is 0.278 e. The van der Waals surface area contributed by atoms with Crippen LogP contribution >= 0.6 is 0 Å². The highest BCUT2D eigenvalue weighted by Gasteiger charge is 2.17. The molecule has 3 aromatic carbocycles. The van der Waals surface area contributed by atoms with Crippen molar-refractivity contribution in [2.45, 2.75) is 13.0 Å². The number of hydrogen-bond acceptors (Lipinski definition) is 7. The number of hydrogen-bond donors (Lipinski definition) is 2. The van der Waals surface area contributed by atoms with E-state index in [-0.39, 0.29) is 11.5 Å². The van der Waals surface area contributed by atoms with Crippen LogP contribution in [-0.4, -0.2) is 29.8 Å². The predicted molar refractivity (Wildman–Crippen MR) is 120 cm³/mol. The lowest BCUT2D eigenvalue weighted by Crippen LogP contribution is -2.16. The van der Waals surface area contributed by atoms with Gasteiger partial charge in [-0.25, -0.2) is 9.61 Å². The standard InChI is InChI=1S/C23H17N7O2/c24-23-26-21-20(22(31)27-23)30(12-14-5-7-15-3-1-2-4-16(15)9-14)19(25-21)11-13-6-8-17-18(10-13)29-32-28-17/h1-10H,11-12H2,(H3,24,26,27,31).